The molecule has 1 aliphatic heterocycles. The molecule has 1 heterocycles. The van der Waals surface area contributed by atoms with Crippen molar-refractivity contribution in [3.05, 3.63) is 58.7 Å². The number of hydroxylamine groups is 1. The summed E-state index contributed by atoms with van der Waals surface area (Å²) in [5, 5.41) is 14.1. The number of amides is 4. The van der Waals surface area contributed by atoms with Gasteiger partial charge in [-0.25, -0.2) is 5.48 Å². The predicted octanol–water partition coefficient (Wildman–Crippen LogP) is 2.31. The highest BCUT2D eigenvalue weighted by molar-refractivity contribution is 6.00. The van der Waals surface area contributed by atoms with Gasteiger partial charge in [-0.3, -0.25) is 24.4 Å². The normalized spacial score (nSPS) is 12.9. The van der Waals surface area contributed by atoms with E-state index in [1.807, 2.05) is 0 Å². The Morgan fingerprint density at radius 1 is 0.871 bits per heavy atom. The van der Waals surface area contributed by atoms with E-state index < -0.39 is 5.91 Å². The van der Waals surface area contributed by atoms with E-state index in [-0.39, 0.29) is 17.7 Å². The number of benzene rings is 2. The van der Waals surface area contributed by atoms with E-state index in [1.54, 1.807) is 46.8 Å². The van der Waals surface area contributed by atoms with Gasteiger partial charge in [0.05, 0.1) is 0 Å². The molecule has 0 spiro atoms. The van der Waals surface area contributed by atoms with Crippen molar-refractivity contribution in [1.29, 1.82) is 0 Å². The summed E-state index contributed by atoms with van der Waals surface area (Å²) in [6.45, 7) is 3.59. The van der Waals surface area contributed by atoms with Gasteiger partial charge in [0.1, 0.15) is 0 Å². The summed E-state index contributed by atoms with van der Waals surface area (Å²) in [6.07, 6.45) is 1.39. The van der Waals surface area contributed by atoms with Crippen molar-refractivity contribution in [3.8, 4) is 0 Å². The Morgan fingerprint density at radius 2 is 1.52 bits per heavy atom. The lowest BCUT2D eigenvalue weighted by atomic mass is 10.0. The predicted molar refractivity (Wildman–Crippen MR) is 114 cm³/mol. The highest BCUT2D eigenvalue weighted by atomic mass is 16.5. The Labute approximate surface area is 179 Å². The number of aryl methyl sites for hydroxylation is 1. The topological polar surface area (TPSA) is 128 Å². The number of nitrogens with one attached hydrogen (secondary N) is 3. The molecule has 0 saturated carbocycles. The van der Waals surface area contributed by atoms with Crippen molar-refractivity contribution in [3.63, 3.8) is 0 Å². The Hall–Kier alpha value is -3.72. The molecule has 0 atom stereocenters. The fourth-order valence-electron chi connectivity index (χ4n) is 3.62. The van der Waals surface area contributed by atoms with Crippen LogP contribution in [0.2, 0.25) is 0 Å². The molecular formula is C22H24N4O5. The van der Waals surface area contributed by atoms with Gasteiger partial charge in [0.25, 0.3) is 11.8 Å². The van der Waals surface area contributed by atoms with E-state index in [4.69, 9.17) is 5.21 Å². The van der Waals surface area contributed by atoms with E-state index in [0.717, 1.165) is 11.1 Å². The fourth-order valence-corrected chi connectivity index (χ4v) is 3.62. The molecule has 162 valence electrons. The number of rotatable bonds is 4. The van der Waals surface area contributed by atoms with Gasteiger partial charge in [-0.15, -0.1) is 0 Å². The summed E-state index contributed by atoms with van der Waals surface area (Å²) in [4.78, 5) is 49.6. The third kappa shape index (κ3) is 5.46. The molecule has 0 bridgehead atoms. The van der Waals surface area contributed by atoms with Crippen LogP contribution < -0.4 is 16.1 Å². The van der Waals surface area contributed by atoms with Crippen molar-refractivity contribution in [2.24, 2.45) is 0 Å². The molecule has 0 fully saturated rings. The lowest BCUT2D eigenvalue weighted by molar-refractivity contribution is -0.115. The second-order valence-electron chi connectivity index (χ2n) is 7.42. The summed E-state index contributed by atoms with van der Waals surface area (Å²) in [5.74, 6) is -1.39. The molecule has 2 aromatic carbocycles. The lowest BCUT2D eigenvalue weighted by Gasteiger charge is -2.22. The van der Waals surface area contributed by atoms with Gasteiger partial charge < -0.3 is 15.5 Å². The minimum atomic E-state index is -0.583. The summed E-state index contributed by atoms with van der Waals surface area (Å²) in [7, 11) is 0. The first-order valence-corrected chi connectivity index (χ1v) is 9.82. The molecule has 0 aromatic heterocycles. The fraction of sp³-hybridized carbons (Fsp3) is 0.273. The van der Waals surface area contributed by atoms with Crippen molar-refractivity contribution < 1.29 is 24.4 Å². The Bertz CT molecular complexity index is 1020. The van der Waals surface area contributed by atoms with Gasteiger partial charge in [-0.05, 0) is 54.3 Å². The number of fused-ring (bicyclic) bond motifs is 1. The van der Waals surface area contributed by atoms with Crippen LogP contribution in [0, 0.1) is 0 Å². The van der Waals surface area contributed by atoms with Gasteiger partial charge in [-0.1, -0.05) is 6.07 Å². The average Bonchev–Trinajstić information content (AvgIpc) is 2.93. The zero-order valence-corrected chi connectivity index (χ0v) is 17.3. The van der Waals surface area contributed by atoms with Gasteiger partial charge in [-0.2, -0.15) is 0 Å². The molecule has 2 aromatic rings. The number of carbonyl (C=O) groups excluding carboxylic acids is 4. The number of carbonyl (C=O) groups is 4. The molecule has 0 unspecified atom stereocenters. The van der Waals surface area contributed by atoms with Crippen LogP contribution in [0.5, 0.6) is 0 Å². The van der Waals surface area contributed by atoms with E-state index in [9.17, 15) is 19.2 Å². The molecule has 0 radical (unpaired) electrons. The maximum atomic E-state index is 13.3. The summed E-state index contributed by atoms with van der Waals surface area (Å²) < 4.78 is 0. The smallest absolute Gasteiger partial charge is 0.274 e. The molecular weight excluding hydrogens is 400 g/mol. The largest absolute Gasteiger partial charge is 0.334 e. The van der Waals surface area contributed by atoms with Crippen LogP contribution >= 0.6 is 0 Å². The van der Waals surface area contributed by atoms with E-state index in [1.165, 1.54) is 13.8 Å². The van der Waals surface area contributed by atoms with E-state index >= 15 is 0 Å². The molecule has 31 heavy (non-hydrogen) atoms. The Balaban J connectivity index is 1.89. The maximum Gasteiger partial charge on any atom is 0.274 e. The number of hydrogen-bond acceptors (Lipinski definition) is 5. The number of anilines is 2. The molecule has 0 saturated heterocycles. The molecule has 0 aliphatic carbocycles. The van der Waals surface area contributed by atoms with Crippen molar-refractivity contribution >= 4 is 35.0 Å². The zero-order valence-electron chi connectivity index (χ0n) is 17.3. The van der Waals surface area contributed by atoms with Crippen LogP contribution in [0.25, 0.3) is 0 Å². The van der Waals surface area contributed by atoms with Gasteiger partial charge in [0.2, 0.25) is 11.8 Å². The SMILES string of the molecule is CC(=O)Nc1cc(NC(C)=O)cc(C(=O)N2CCCc3cc(C(=O)NO)ccc3C2)c1. The summed E-state index contributed by atoms with van der Waals surface area (Å²) in [5.41, 5.74) is 5.01. The highest BCUT2D eigenvalue weighted by Crippen LogP contribution is 2.25. The number of nitrogens with zero attached hydrogens (tertiary/aromatic N) is 1. The van der Waals surface area contributed by atoms with E-state index in [2.05, 4.69) is 10.6 Å². The van der Waals surface area contributed by atoms with Crippen LogP contribution in [0.3, 0.4) is 0 Å². The van der Waals surface area contributed by atoms with Crippen molar-refractivity contribution in [2.75, 3.05) is 17.2 Å². The third-order valence-electron chi connectivity index (χ3n) is 4.91. The molecule has 3 rings (SSSR count). The first-order valence-electron chi connectivity index (χ1n) is 9.82. The summed E-state index contributed by atoms with van der Waals surface area (Å²) >= 11 is 0. The molecule has 9 nitrogen and oxygen atoms in total. The van der Waals surface area contributed by atoms with E-state index in [0.29, 0.717) is 48.4 Å². The van der Waals surface area contributed by atoms with Crippen LogP contribution in [0.4, 0.5) is 11.4 Å². The monoisotopic (exact) mass is 424 g/mol. The minimum absolute atomic E-state index is 0.233. The van der Waals surface area contributed by atoms with Crippen LogP contribution in [0.1, 0.15) is 52.1 Å². The quantitative estimate of drug-likeness (QED) is 0.442. The van der Waals surface area contributed by atoms with Gasteiger partial charge in [0, 0.05) is 49.4 Å². The number of hydrogen-bond donors (Lipinski definition) is 4. The molecule has 9 heteroatoms. The third-order valence-corrected chi connectivity index (χ3v) is 4.91. The summed E-state index contributed by atoms with van der Waals surface area (Å²) in [6, 6.07) is 9.85. The second kappa shape index (κ2) is 9.40. The Kier molecular flexibility index (Phi) is 6.66. The van der Waals surface area contributed by atoms with Crippen molar-refractivity contribution in [2.45, 2.75) is 33.2 Å². The minimum Gasteiger partial charge on any atom is -0.334 e. The van der Waals surface area contributed by atoms with Gasteiger partial charge in [0.15, 0.2) is 0 Å². The maximum absolute atomic E-state index is 13.3. The zero-order chi connectivity index (χ0) is 22.5. The van der Waals surface area contributed by atoms with Gasteiger partial charge >= 0.3 is 0 Å². The first kappa shape index (κ1) is 22.0. The second-order valence-corrected chi connectivity index (χ2v) is 7.42. The van der Waals surface area contributed by atoms with Crippen LogP contribution in [-0.2, 0) is 22.6 Å². The first-order chi connectivity index (χ1) is 14.8. The van der Waals surface area contributed by atoms with Crippen LogP contribution in [0.15, 0.2) is 36.4 Å². The average molecular weight is 424 g/mol. The highest BCUT2D eigenvalue weighted by Gasteiger charge is 2.22. The molecule has 4 amide bonds. The van der Waals surface area contributed by atoms with Crippen LogP contribution in [-0.4, -0.2) is 40.3 Å². The Morgan fingerprint density at radius 3 is 2.10 bits per heavy atom. The standard InChI is InChI=1S/C22H24N4O5/c1-13(27)23-19-9-18(10-20(11-19)24-14(2)28)22(30)26-7-3-4-15-8-16(21(29)25-31)5-6-17(15)12-26/h5-6,8-11,31H,3-4,7,12H2,1-2H3,(H,23,27)(H,24,28)(H,25,29). The molecule has 1 aliphatic rings. The molecule has 4 N–H and O–H groups in total. The van der Waals surface area contributed by atoms with Crippen molar-refractivity contribution in [1.82, 2.24) is 10.4 Å². The lowest BCUT2D eigenvalue weighted by Crippen LogP contribution is -2.31.